The minimum absolute atomic E-state index is 0.0786. The van der Waals surface area contributed by atoms with Gasteiger partial charge in [0.25, 0.3) is 0 Å². The summed E-state index contributed by atoms with van der Waals surface area (Å²) < 4.78 is 0. The van der Waals surface area contributed by atoms with Crippen molar-refractivity contribution in [2.75, 3.05) is 13.2 Å². The lowest BCUT2D eigenvalue weighted by Gasteiger charge is -2.30. The Morgan fingerprint density at radius 2 is 2.00 bits per heavy atom. The molecule has 12 heavy (non-hydrogen) atoms. The quantitative estimate of drug-likeness (QED) is 0.635. The van der Waals surface area contributed by atoms with E-state index in [-0.39, 0.29) is 6.61 Å². The Morgan fingerprint density at radius 1 is 1.33 bits per heavy atom. The van der Waals surface area contributed by atoms with Crippen molar-refractivity contribution in [1.29, 1.82) is 0 Å². The van der Waals surface area contributed by atoms with Crippen LogP contribution >= 0.6 is 0 Å². The van der Waals surface area contributed by atoms with E-state index in [1.165, 1.54) is 19.3 Å². The molecule has 3 heteroatoms. The zero-order valence-electron chi connectivity index (χ0n) is 7.41. The zero-order chi connectivity index (χ0) is 8.81. The summed E-state index contributed by atoms with van der Waals surface area (Å²) in [6.07, 6.45) is 6.83. The van der Waals surface area contributed by atoms with E-state index in [0.717, 1.165) is 19.3 Å². The van der Waals surface area contributed by atoms with E-state index in [0.29, 0.717) is 12.6 Å². The molecule has 0 radical (unpaired) electrons. The third-order valence-electron chi connectivity index (χ3n) is 2.54. The normalized spacial score (nSPS) is 19.1. The van der Waals surface area contributed by atoms with Crippen LogP contribution in [0.25, 0.3) is 0 Å². The molecular weight excluding hydrogens is 154 g/mol. The van der Waals surface area contributed by atoms with Crippen molar-refractivity contribution in [2.45, 2.75) is 38.1 Å². The Bertz CT molecular complexity index is 132. The Morgan fingerprint density at radius 3 is 2.50 bits per heavy atom. The van der Waals surface area contributed by atoms with Crippen LogP contribution in [0.2, 0.25) is 0 Å². The number of carbonyl (C=O) groups excluding carboxylic acids is 1. The average Bonchev–Trinajstić information content (AvgIpc) is 2.15. The van der Waals surface area contributed by atoms with Crippen molar-refractivity contribution in [3.8, 4) is 0 Å². The summed E-state index contributed by atoms with van der Waals surface area (Å²) in [5.74, 6) is 0. The predicted molar refractivity (Wildman–Crippen MR) is 46.7 cm³/mol. The van der Waals surface area contributed by atoms with Gasteiger partial charge in [-0.25, -0.2) is 0 Å². The van der Waals surface area contributed by atoms with Crippen LogP contribution in [-0.2, 0) is 4.79 Å². The molecule has 0 unspecified atom stereocenters. The fraction of sp³-hybridized carbons (Fsp3) is 0.889. The molecule has 0 aromatic heterocycles. The van der Waals surface area contributed by atoms with Gasteiger partial charge in [-0.2, -0.15) is 0 Å². The maximum absolute atomic E-state index is 10.6. The van der Waals surface area contributed by atoms with E-state index < -0.39 is 0 Å². The van der Waals surface area contributed by atoms with Crippen LogP contribution in [0.3, 0.4) is 0 Å². The van der Waals surface area contributed by atoms with Gasteiger partial charge in [-0.3, -0.25) is 4.79 Å². The second-order valence-corrected chi connectivity index (χ2v) is 3.36. The van der Waals surface area contributed by atoms with E-state index in [1.54, 1.807) is 4.90 Å². The highest BCUT2D eigenvalue weighted by molar-refractivity contribution is 5.47. The first-order valence-electron chi connectivity index (χ1n) is 4.70. The van der Waals surface area contributed by atoms with Crippen molar-refractivity contribution in [1.82, 2.24) is 4.90 Å². The van der Waals surface area contributed by atoms with Gasteiger partial charge < -0.3 is 10.0 Å². The minimum atomic E-state index is 0.0786. The number of hydrogen-bond acceptors (Lipinski definition) is 2. The number of rotatable bonds is 4. The Labute approximate surface area is 73.4 Å². The average molecular weight is 171 g/mol. The molecule has 1 rings (SSSR count). The number of nitrogens with zero attached hydrogens (tertiary/aromatic N) is 1. The van der Waals surface area contributed by atoms with Gasteiger partial charge in [-0.05, 0) is 12.8 Å². The van der Waals surface area contributed by atoms with E-state index in [2.05, 4.69) is 0 Å². The van der Waals surface area contributed by atoms with Crippen molar-refractivity contribution < 1.29 is 9.90 Å². The van der Waals surface area contributed by atoms with Crippen molar-refractivity contribution in [3.63, 3.8) is 0 Å². The number of hydrogen-bond donors (Lipinski definition) is 1. The van der Waals surface area contributed by atoms with E-state index in [4.69, 9.17) is 5.11 Å². The Hall–Kier alpha value is -0.570. The molecule has 0 aromatic carbocycles. The highest BCUT2D eigenvalue weighted by atomic mass is 16.3. The molecule has 0 aromatic rings. The van der Waals surface area contributed by atoms with Gasteiger partial charge in [0.05, 0.1) is 6.61 Å². The zero-order valence-corrected chi connectivity index (χ0v) is 7.41. The van der Waals surface area contributed by atoms with E-state index in [9.17, 15) is 4.79 Å². The van der Waals surface area contributed by atoms with E-state index in [1.807, 2.05) is 0 Å². The summed E-state index contributed by atoms with van der Waals surface area (Å²) >= 11 is 0. The lowest BCUT2D eigenvalue weighted by molar-refractivity contribution is -0.121. The van der Waals surface area contributed by atoms with Gasteiger partial charge in [0.2, 0.25) is 6.41 Å². The van der Waals surface area contributed by atoms with Crippen LogP contribution in [0.1, 0.15) is 32.1 Å². The van der Waals surface area contributed by atoms with Gasteiger partial charge in [0.1, 0.15) is 0 Å². The van der Waals surface area contributed by atoms with Gasteiger partial charge in [0.15, 0.2) is 0 Å². The molecule has 70 valence electrons. The SMILES string of the molecule is O=CN(CCO)C1CCCCC1. The molecule has 1 aliphatic rings. The predicted octanol–water partition coefficient (Wildman–Crippen LogP) is 0.770. The Balaban J connectivity index is 2.34. The second-order valence-electron chi connectivity index (χ2n) is 3.36. The molecule has 1 N–H and O–H groups in total. The van der Waals surface area contributed by atoms with Crippen molar-refractivity contribution >= 4 is 6.41 Å². The molecule has 1 aliphatic carbocycles. The van der Waals surface area contributed by atoms with Gasteiger partial charge in [-0.1, -0.05) is 19.3 Å². The molecule has 0 saturated heterocycles. The largest absolute Gasteiger partial charge is 0.395 e. The molecule has 1 amide bonds. The number of amides is 1. The summed E-state index contributed by atoms with van der Waals surface area (Å²) in [6, 6.07) is 0.392. The van der Waals surface area contributed by atoms with Crippen LogP contribution in [0.5, 0.6) is 0 Å². The summed E-state index contributed by atoms with van der Waals surface area (Å²) in [5.41, 5.74) is 0. The summed E-state index contributed by atoms with van der Waals surface area (Å²) in [5, 5.41) is 8.70. The van der Waals surface area contributed by atoms with Crippen LogP contribution in [0.4, 0.5) is 0 Å². The third-order valence-corrected chi connectivity index (χ3v) is 2.54. The lowest BCUT2D eigenvalue weighted by Crippen LogP contribution is -2.37. The van der Waals surface area contributed by atoms with Gasteiger partial charge in [-0.15, -0.1) is 0 Å². The smallest absolute Gasteiger partial charge is 0.210 e. The Kier molecular flexibility index (Phi) is 4.08. The fourth-order valence-corrected chi connectivity index (χ4v) is 1.85. The molecule has 0 spiro atoms. The number of aliphatic hydroxyl groups excluding tert-OH is 1. The van der Waals surface area contributed by atoms with Crippen molar-refractivity contribution in [3.05, 3.63) is 0 Å². The molecule has 1 fully saturated rings. The third kappa shape index (κ3) is 2.48. The maximum atomic E-state index is 10.6. The summed E-state index contributed by atoms with van der Waals surface area (Å²) in [4.78, 5) is 12.3. The van der Waals surface area contributed by atoms with Gasteiger partial charge >= 0.3 is 0 Å². The van der Waals surface area contributed by atoms with Crippen LogP contribution in [0, 0.1) is 0 Å². The number of aliphatic hydroxyl groups is 1. The van der Waals surface area contributed by atoms with Crippen LogP contribution in [0.15, 0.2) is 0 Å². The lowest BCUT2D eigenvalue weighted by atomic mass is 9.94. The monoisotopic (exact) mass is 171 g/mol. The van der Waals surface area contributed by atoms with Crippen LogP contribution in [-0.4, -0.2) is 35.6 Å². The highest BCUT2D eigenvalue weighted by Crippen LogP contribution is 2.21. The maximum Gasteiger partial charge on any atom is 0.210 e. The fourth-order valence-electron chi connectivity index (χ4n) is 1.85. The van der Waals surface area contributed by atoms with Crippen molar-refractivity contribution in [2.24, 2.45) is 0 Å². The molecule has 3 nitrogen and oxygen atoms in total. The summed E-state index contributed by atoms with van der Waals surface area (Å²) in [7, 11) is 0. The summed E-state index contributed by atoms with van der Waals surface area (Å²) in [6.45, 7) is 0.573. The van der Waals surface area contributed by atoms with Gasteiger partial charge in [0, 0.05) is 12.6 Å². The molecule has 0 bridgehead atoms. The molecular formula is C9H17NO2. The topological polar surface area (TPSA) is 40.5 Å². The highest BCUT2D eigenvalue weighted by Gasteiger charge is 2.18. The number of carbonyl (C=O) groups is 1. The first-order chi connectivity index (χ1) is 5.88. The molecule has 1 saturated carbocycles. The van der Waals surface area contributed by atoms with Crippen LogP contribution < -0.4 is 0 Å². The van der Waals surface area contributed by atoms with E-state index >= 15 is 0 Å². The minimum Gasteiger partial charge on any atom is -0.395 e. The molecule has 0 heterocycles. The second kappa shape index (κ2) is 5.14. The standard InChI is InChI=1S/C9H17NO2/c11-7-6-10(8-12)9-4-2-1-3-5-9/h8-9,11H,1-7H2. The molecule has 0 aliphatic heterocycles. The first-order valence-corrected chi connectivity index (χ1v) is 4.70. The molecule has 0 atom stereocenters. The first kappa shape index (κ1) is 9.52.